The Morgan fingerprint density at radius 2 is 2.16 bits per heavy atom. The van der Waals surface area contributed by atoms with Gasteiger partial charge in [-0.3, -0.25) is 0 Å². The largest absolute Gasteiger partial charge is 0.479 e. The van der Waals surface area contributed by atoms with Crippen LogP contribution in [0.15, 0.2) is 36.4 Å². The van der Waals surface area contributed by atoms with E-state index in [2.05, 4.69) is 12.2 Å². The van der Waals surface area contributed by atoms with Gasteiger partial charge in [-0.05, 0) is 43.2 Å². The van der Waals surface area contributed by atoms with Crippen LogP contribution in [-0.4, -0.2) is 11.1 Å². The maximum Gasteiger partial charge on any atom is 0.331 e. The second-order valence-electron chi connectivity index (χ2n) is 4.44. The van der Waals surface area contributed by atoms with Crippen LogP contribution in [0.3, 0.4) is 0 Å². The average Bonchev–Trinajstić information content (AvgIpc) is 2.84. The summed E-state index contributed by atoms with van der Waals surface area (Å²) < 4.78 is 0. The van der Waals surface area contributed by atoms with Crippen molar-refractivity contribution in [2.24, 2.45) is 0 Å². The van der Waals surface area contributed by atoms with E-state index in [0.717, 1.165) is 22.5 Å². The molecule has 0 aliphatic heterocycles. The second kappa shape index (κ2) is 5.89. The Labute approximate surface area is 116 Å². The summed E-state index contributed by atoms with van der Waals surface area (Å²) in [5, 5.41) is 12.5. The van der Waals surface area contributed by atoms with Crippen LogP contribution < -0.4 is 5.32 Å². The molecule has 19 heavy (non-hydrogen) atoms. The van der Waals surface area contributed by atoms with Gasteiger partial charge in [-0.15, -0.1) is 11.3 Å². The fraction of sp³-hybridized carbons (Fsp3) is 0.267. The molecule has 0 amide bonds. The van der Waals surface area contributed by atoms with Gasteiger partial charge in [0.05, 0.1) is 0 Å². The Morgan fingerprint density at radius 1 is 1.37 bits per heavy atom. The molecule has 2 N–H and O–H groups in total. The Hall–Kier alpha value is -1.81. The topological polar surface area (TPSA) is 49.3 Å². The molecule has 1 aromatic heterocycles. The van der Waals surface area contributed by atoms with Gasteiger partial charge in [-0.2, -0.15) is 0 Å². The zero-order chi connectivity index (χ0) is 13.8. The Morgan fingerprint density at radius 3 is 2.74 bits per heavy atom. The summed E-state index contributed by atoms with van der Waals surface area (Å²) in [6.07, 6.45) is 0.932. The molecule has 2 aromatic rings. The first kappa shape index (κ1) is 13.6. The van der Waals surface area contributed by atoms with Crippen LogP contribution in [-0.2, 0) is 11.2 Å². The van der Waals surface area contributed by atoms with Crippen molar-refractivity contribution < 1.29 is 9.90 Å². The third-order valence-electron chi connectivity index (χ3n) is 2.89. The lowest BCUT2D eigenvalue weighted by molar-refractivity contribution is -0.138. The first-order valence-corrected chi connectivity index (χ1v) is 7.06. The van der Waals surface area contributed by atoms with E-state index in [0.29, 0.717) is 0 Å². The highest BCUT2D eigenvalue weighted by atomic mass is 32.1. The molecule has 0 aliphatic carbocycles. The fourth-order valence-corrected chi connectivity index (χ4v) is 2.89. The van der Waals surface area contributed by atoms with Crippen LogP contribution in [0, 0.1) is 6.92 Å². The molecule has 0 spiro atoms. The summed E-state index contributed by atoms with van der Waals surface area (Å²) >= 11 is 1.55. The molecular weight excluding hydrogens is 258 g/mol. The van der Waals surface area contributed by atoms with E-state index in [1.165, 1.54) is 4.88 Å². The van der Waals surface area contributed by atoms with E-state index >= 15 is 0 Å². The molecule has 0 bridgehead atoms. The number of carboxylic acids is 1. The van der Waals surface area contributed by atoms with Gasteiger partial charge in [-0.1, -0.05) is 19.1 Å². The maximum atomic E-state index is 11.4. The zero-order valence-corrected chi connectivity index (χ0v) is 11.8. The number of hydrogen-bond acceptors (Lipinski definition) is 3. The van der Waals surface area contributed by atoms with Gasteiger partial charge < -0.3 is 10.4 Å². The predicted octanol–water partition coefficient (Wildman–Crippen LogP) is 3.86. The smallest absolute Gasteiger partial charge is 0.331 e. The highest BCUT2D eigenvalue weighted by Gasteiger charge is 2.21. The quantitative estimate of drug-likeness (QED) is 0.871. The lowest BCUT2D eigenvalue weighted by Crippen LogP contribution is -2.19. The van der Waals surface area contributed by atoms with Crippen LogP contribution in [0.1, 0.15) is 28.3 Å². The number of anilines is 1. The molecule has 3 nitrogen and oxygen atoms in total. The van der Waals surface area contributed by atoms with Crippen LogP contribution in [0.4, 0.5) is 5.69 Å². The van der Waals surface area contributed by atoms with E-state index in [-0.39, 0.29) is 0 Å². The minimum atomic E-state index is -0.856. The molecule has 1 heterocycles. The number of hydrogen-bond donors (Lipinski definition) is 2. The lowest BCUT2D eigenvalue weighted by Gasteiger charge is -2.14. The van der Waals surface area contributed by atoms with Gasteiger partial charge >= 0.3 is 5.97 Å². The van der Waals surface area contributed by atoms with E-state index < -0.39 is 12.0 Å². The standard InChI is InChI=1S/C15H17NO2S/c1-3-12-7-8-13(19-12)14(15(17)18)16-11-6-4-5-10(2)9-11/h4-9,14,16H,3H2,1-2H3,(H,17,18). The maximum absolute atomic E-state index is 11.4. The molecule has 0 aliphatic rings. The summed E-state index contributed by atoms with van der Waals surface area (Å²) in [5.74, 6) is -0.856. The van der Waals surface area contributed by atoms with Crippen LogP contribution in [0.2, 0.25) is 0 Å². The molecule has 100 valence electrons. The van der Waals surface area contributed by atoms with Gasteiger partial charge in [0.15, 0.2) is 6.04 Å². The van der Waals surface area contributed by atoms with Gasteiger partial charge in [0.25, 0.3) is 0 Å². The minimum Gasteiger partial charge on any atom is -0.479 e. The van der Waals surface area contributed by atoms with Crippen molar-refractivity contribution in [1.29, 1.82) is 0 Å². The number of aryl methyl sites for hydroxylation is 2. The Bertz CT molecular complexity index is 577. The van der Waals surface area contributed by atoms with E-state index in [1.807, 2.05) is 43.3 Å². The third-order valence-corrected chi connectivity index (χ3v) is 4.19. The normalized spacial score (nSPS) is 12.1. The number of carbonyl (C=O) groups is 1. The number of thiophene rings is 1. The number of nitrogens with one attached hydrogen (secondary N) is 1. The molecule has 1 unspecified atom stereocenters. The SMILES string of the molecule is CCc1ccc(C(Nc2cccc(C)c2)C(=O)O)s1. The monoisotopic (exact) mass is 275 g/mol. The fourth-order valence-electron chi connectivity index (χ4n) is 1.90. The highest BCUT2D eigenvalue weighted by Crippen LogP contribution is 2.27. The first-order valence-electron chi connectivity index (χ1n) is 6.24. The van der Waals surface area contributed by atoms with Crippen molar-refractivity contribution in [1.82, 2.24) is 0 Å². The Balaban J connectivity index is 2.23. The van der Waals surface area contributed by atoms with E-state index in [9.17, 15) is 9.90 Å². The third kappa shape index (κ3) is 3.35. The summed E-state index contributed by atoms with van der Waals surface area (Å²) in [7, 11) is 0. The first-order chi connectivity index (χ1) is 9.10. The van der Waals surface area contributed by atoms with Crippen LogP contribution >= 0.6 is 11.3 Å². The molecule has 1 atom stereocenters. The number of aliphatic carboxylic acids is 1. The van der Waals surface area contributed by atoms with Crippen molar-refractivity contribution in [3.05, 3.63) is 51.7 Å². The van der Waals surface area contributed by atoms with Crippen molar-refractivity contribution in [2.45, 2.75) is 26.3 Å². The van der Waals surface area contributed by atoms with Crippen molar-refractivity contribution in [3.8, 4) is 0 Å². The summed E-state index contributed by atoms with van der Waals surface area (Å²) in [5.41, 5.74) is 1.94. The van der Waals surface area contributed by atoms with Crippen molar-refractivity contribution in [2.75, 3.05) is 5.32 Å². The van der Waals surface area contributed by atoms with Crippen LogP contribution in [0.25, 0.3) is 0 Å². The molecule has 2 rings (SSSR count). The Kier molecular flexibility index (Phi) is 4.22. The molecule has 0 fully saturated rings. The minimum absolute atomic E-state index is 0.688. The van der Waals surface area contributed by atoms with Crippen LogP contribution in [0.5, 0.6) is 0 Å². The molecule has 0 saturated carbocycles. The van der Waals surface area contributed by atoms with Crippen molar-refractivity contribution >= 4 is 23.0 Å². The number of carboxylic acid groups (broad SMARTS) is 1. The highest BCUT2D eigenvalue weighted by molar-refractivity contribution is 7.12. The predicted molar refractivity (Wildman–Crippen MR) is 78.9 cm³/mol. The zero-order valence-electron chi connectivity index (χ0n) is 11.0. The molecule has 0 saturated heterocycles. The van der Waals surface area contributed by atoms with Gasteiger partial charge in [-0.25, -0.2) is 4.79 Å². The number of benzene rings is 1. The van der Waals surface area contributed by atoms with Gasteiger partial charge in [0, 0.05) is 15.4 Å². The average molecular weight is 275 g/mol. The summed E-state index contributed by atoms with van der Waals surface area (Å²) in [6.45, 7) is 4.06. The molecule has 0 radical (unpaired) electrons. The van der Waals surface area contributed by atoms with E-state index in [1.54, 1.807) is 11.3 Å². The molecular formula is C15H17NO2S. The summed E-state index contributed by atoms with van der Waals surface area (Å²) in [4.78, 5) is 13.5. The summed E-state index contributed by atoms with van der Waals surface area (Å²) in [6, 6.07) is 10.9. The van der Waals surface area contributed by atoms with Gasteiger partial charge in [0.2, 0.25) is 0 Å². The molecule has 4 heteroatoms. The van der Waals surface area contributed by atoms with E-state index in [4.69, 9.17) is 0 Å². The number of rotatable bonds is 5. The van der Waals surface area contributed by atoms with Gasteiger partial charge in [0.1, 0.15) is 0 Å². The van der Waals surface area contributed by atoms with Crippen molar-refractivity contribution in [3.63, 3.8) is 0 Å². The second-order valence-corrected chi connectivity index (χ2v) is 5.64. The molecule has 1 aromatic carbocycles. The lowest BCUT2D eigenvalue weighted by atomic mass is 10.2.